The Bertz CT molecular complexity index is 325. The van der Waals surface area contributed by atoms with Crippen LogP contribution in [-0.4, -0.2) is 42.3 Å². The van der Waals surface area contributed by atoms with E-state index in [1.165, 1.54) is 12.8 Å². The molecule has 1 aliphatic heterocycles. The second kappa shape index (κ2) is 5.70. The van der Waals surface area contributed by atoms with Crippen LogP contribution in [0.3, 0.4) is 0 Å². The lowest BCUT2D eigenvalue weighted by atomic mass is 9.98. The highest BCUT2D eigenvalue weighted by atomic mass is 16.6. The summed E-state index contributed by atoms with van der Waals surface area (Å²) in [5, 5.41) is 3.61. The molecule has 19 heavy (non-hydrogen) atoms. The van der Waals surface area contributed by atoms with E-state index in [0.717, 1.165) is 38.0 Å². The lowest BCUT2D eigenvalue weighted by Gasteiger charge is -2.34. The van der Waals surface area contributed by atoms with Gasteiger partial charge in [-0.05, 0) is 58.4 Å². The molecule has 2 fully saturated rings. The van der Waals surface area contributed by atoms with E-state index in [0.29, 0.717) is 5.92 Å². The van der Waals surface area contributed by atoms with Crippen molar-refractivity contribution < 1.29 is 9.53 Å². The standard InChI is InChI=1S/C15H28N2O2/c1-11-8-13(11)16-9-12-6-5-7-17(10-12)14(18)19-15(2,3)4/h11-13,16H,5-10H2,1-4H3. The highest BCUT2D eigenvalue weighted by Crippen LogP contribution is 2.29. The molecular weight excluding hydrogens is 240 g/mol. The first-order valence-electron chi connectivity index (χ1n) is 7.56. The van der Waals surface area contributed by atoms with Gasteiger partial charge in [-0.25, -0.2) is 4.79 Å². The Labute approximate surface area is 116 Å². The van der Waals surface area contributed by atoms with E-state index >= 15 is 0 Å². The SMILES string of the molecule is CC1CC1NCC1CCCN(C(=O)OC(C)(C)C)C1. The molecule has 0 radical (unpaired) electrons. The third-order valence-electron chi connectivity index (χ3n) is 3.95. The largest absolute Gasteiger partial charge is 0.444 e. The number of likely N-dealkylation sites (tertiary alicyclic amines) is 1. The predicted molar refractivity (Wildman–Crippen MR) is 76.1 cm³/mol. The van der Waals surface area contributed by atoms with Crippen LogP contribution in [0.25, 0.3) is 0 Å². The zero-order valence-electron chi connectivity index (χ0n) is 12.7. The Balaban J connectivity index is 1.74. The maximum Gasteiger partial charge on any atom is 0.410 e. The zero-order chi connectivity index (χ0) is 14.0. The topological polar surface area (TPSA) is 41.6 Å². The molecule has 1 heterocycles. The van der Waals surface area contributed by atoms with E-state index in [4.69, 9.17) is 4.74 Å². The maximum atomic E-state index is 12.0. The van der Waals surface area contributed by atoms with E-state index in [1.54, 1.807) is 0 Å². The summed E-state index contributed by atoms with van der Waals surface area (Å²) in [6.45, 7) is 10.8. The molecule has 1 saturated heterocycles. The number of hydrogen-bond donors (Lipinski definition) is 1. The van der Waals surface area contributed by atoms with E-state index < -0.39 is 5.60 Å². The average Bonchev–Trinajstić information content (AvgIpc) is 3.01. The molecule has 3 unspecified atom stereocenters. The first-order chi connectivity index (χ1) is 8.85. The van der Waals surface area contributed by atoms with Crippen LogP contribution >= 0.6 is 0 Å². The van der Waals surface area contributed by atoms with Crippen molar-refractivity contribution in [2.45, 2.75) is 58.6 Å². The van der Waals surface area contributed by atoms with Crippen molar-refractivity contribution in [1.82, 2.24) is 10.2 Å². The van der Waals surface area contributed by atoms with Crippen molar-refractivity contribution in [3.05, 3.63) is 0 Å². The lowest BCUT2D eigenvalue weighted by molar-refractivity contribution is 0.0166. The normalized spacial score (nSPS) is 31.2. The molecule has 0 aromatic rings. The Hall–Kier alpha value is -0.770. The molecule has 2 aliphatic rings. The first-order valence-corrected chi connectivity index (χ1v) is 7.56. The predicted octanol–water partition coefficient (Wildman–Crippen LogP) is 2.63. The Morgan fingerprint density at radius 1 is 1.42 bits per heavy atom. The molecule has 3 atom stereocenters. The van der Waals surface area contributed by atoms with Crippen molar-refractivity contribution in [2.24, 2.45) is 11.8 Å². The molecule has 1 N–H and O–H groups in total. The third-order valence-corrected chi connectivity index (χ3v) is 3.95. The number of carbonyl (C=O) groups is 1. The number of nitrogens with one attached hydrogen (secondary N) is 1. The molecule has 1 amide bonds. The summed E-state index contributed by atoms with van der Waals surface area (Å²) in [5.74, 6) is 1.42. The van der Waals surface area contributed by atoms with Gasteiger partial charge in [0.25, 0.3) is 0 Å². The number of piperidine rings is 1. The van der Waals surface area contributed by atoms with Crippen LogP contribution in [0, 0.1) is 11.8 Å². The first kappa shape index (κ1) is 14.6. The van der Waals surface area contributed by atoms with Gasteiger partial charge in [-0.1, -0.05) is 6.92 Å². The number of rotatable bonds is 3. The third kappa shape index (κ3) is 4.68. The molecule has 1 saturated carbocycles. The summed E-state index contributed by atoms with van der Waals surface area (Å²) < 4.78 is 5.45. The number of ether oxygens (including phenoxy) is 1. The van der Waals surface area contributed by atoms with Gasteiger partial charge in [0, 0.05) is 19.1 Å². The van der Waals surface area contributed by atoms with Crippen LogP contribution in [0.4, 0.5) is 4.79 Å². The Morgan fingerprint density at radius 3 is 2.68 bits per heavy atom. The van der Waals surface area contributed by atoms with E-state index in [9.17, 15) is 4.79 Å². The lowest BCUT2D eigenvalue weighted by Crippen LogP contribution is -2.45. The van der Waals surface area contributed by atoms with Crippen molar-refractivity contribution in [2.75, 3.05) is 19.6 Å². The maximum absolute atomic E-state index is 12.0. The highest BCUT2D eigenvalue weighted by Gasteiger charge is 2.33. The summed E-state index contributed by atoms with van der Waals surface area (Å²) in [4.78, 5) is 13.9. The minimum Gasteiger partial charge on any atom is -0.444 e. The summed E-state index contributed by atoms with van der Waals surface area (Å²) >= 11 is 0. The average molecular weight is 268 g/mol. The van der Waals surface area contributed by atoms with Gasteiger partial charge in [0.05, 0.1) is 0 Å². The fourth-order valence-corrected chi connectivity index (χ4v) is 2.65. The second-order valence-corrected chi connectivity index (χ2v) is 7.16. The van der Waals surface area contributed by atoms with E-state index in [1.807, 2.05) is 25.7 Å². The van der Waals surface area contributed by atoms with Gasteiger partial charge in [0.1, 0.15) is 5.60 Å². The van der Waals surface area contributed by atoms with Crippen LogP contribution in [0.15, 0.2) is 0 Å². The van der Waals surface area contributed by atoms with Crippen molar-refractivity contribution >= 4 is 6.09 Å². The van der Waals surface area contributed by atoms with Crippen LogP contribution in [0.1, 0.15) is 47.0 Å². The minimum atomic E-state index is -0.397. The van der Waals surface area contributed by atoms with Gasteiger partial charge >= 0.3 is 6.09 Å². The van der Waals surface area contributed by atoms with Gasteiger partial charge in [-0.2, -0.15) is 0 Å². The van der Waals surface area contributed by atoms with Crippen LogP contribution < -0.4 is 5.32 Å². The van der Waals surface area contributed by atoms with Crippen LogP contribution in [0.5, 0.6) is 0 Å². The fourth-order valence-electron chi connectivity index (χ4n) is 2.65. The quantitative estimate of drug-likeness (QED) is 0.855. The summed E-state index contributed by atoms with van der Waals surface area (Å²) in [5.41, 5.74) is -0.397. The molecular formula is C15H28N2O2. The Kier molecular flexibility index (Phi) is 4.39. The zero-order valence-corrected chi connectivity index (χ0v) is 12.7. The number of hydrogen-bond acceptors (Lipinski definition) is 3. The molecule has 0 spiro atoms. The van der Waals surface area contributed by atoms with Gasteiger partial charge in [0.15, 0.2) is 0 Å². The minimum absolute atomic E-state index is 0.156. The molecule has 4 heteroatoms. The van der Waals surface area contributed by atoms with E-state index in [-0.39, 0.29) is 6.09 Å². The van der Waals surface area contributed by atoms with Crippen LogP contribution in [-0.2, 0) is 4.74 Å². The van der Waals surface area contributed by atoms with Gasteiger partial charge in [0.2, 0.25) is 0 Å². The molecule has 1 aliphatic carbocycles. The van der Waals surface area contributed by atoms with Crippen LogP contribution in [0.2, 0.25) is 0 Å². The van der Waals surface area contributed by atoms with Crippen molar-refractivity contribution in [3.63, 3.8) is 0 Å². The smallest absolute Gasteiger partial charge is 0.410 e. The number of carbonyl (C=O) groups excluding carboxylic acids is 1. The summed E-state index contributed by atoms with van der Waals surface area (Å²) in [6.07, 6.45) is 3.46. The molecule has 0 aromatic carbocycles. The van der Waals surface area contributed by atoms with Crippen molar-refractivity contribution in [3.8, 4) is 0 Å². The molecule has 2 rings (SSSR count). The molecule has 110 valence electrons. The van der Waals surface area contributed by atoms with Gasteiger partial charge < -0.3 is 15.0 Å². The second-order valence-electron chi connectivity index (χ2n) is 7.16. The molecule has 0 bridgehead atoms. The number of amides is 1. The van der Waals surface area contributed by atoms with Gasteiger partial charge in [-0.15, -0.1) is 0 Å². The highest BCUT2D eigenvalue weighted by molar-refractivity contribution is 5.68. The number of nitrogens with zero attached hydrogens (tertiary/aromatic N) is 1. The van der Waals surface area contributed by atoms with Crippen molar-refractivity contribution in [1.29, 1.82) is 0 Å². The Morgan fingerprint density at radius 2 is 2.11 bits per heavy atom. The van der Waals surface area contributed by atoms with E-state index in [2.05, 4.69) is 12.2 Å². The monoisotopic (exact) mass is 268 g/mol. The molecule has 0 aromatic heterocycles. The van der Waals surface area contributed by atoms with Gasteiger partial charge in [-0.3, -0.25) is 0 Å². The summed E-state index contributed by atoms with van der Waals surface area (Å²) in [6, 6.07) is 0.719. The fraction of sp³-hybridized carbons (Fsp3) is 0.933. The molecule has 4 nitrogen and oxygen atoms in total. The summed E-state index contributed by atoms with van der Waals surface area (Å²) in [7, 11) is 0.